The predicted molar refractivity (Wildman–Crippen MR) is 68.8 cm³/mol. The van der Waals surface area contributed by atoms with E-state index in [4.69, 9.17) is 33.0 Å². The first-order valence-corrected chi connectivity index (χ1v) is 5.98. The third-order valence-corrected chi connectivity index (χ3v) is 2.73. The van der Waals surface area contributed by atoms with Crippen molar-refractivity contribution in [3.8, 4) is 11.5 Å². The first kappa shape index (κ1) is 14.1. The Bertz CT molecular complexity index is 574. The highest BCUT2D eigenvalue weighted by molar-refractivity contribution is 6.34. The van der Waals surface area contributed by atoms with Crippen LogP contribution in [0.1, 0.15) is 5.56 Å². The van der Waals surface area contributed by atoms with Crippen LogP contribution < -0.4 is 4.74 Å². The summed E-state index contributed by atoms with van der Waals surface area (Å²) in [5.41, 5.74) is 0.117. The molecule has 0 saturated heterocycles. The van der Waals surface area contributed by atoms with E-state index >= 15 is 0 Å². The lowest BCUT2D eigenvalue weighted by Crippen LogP contribution is -1.96. The molecule has 0 heterocycles. The first-order valence-electron chi connectivity index (χ1n) is 5.22. The Balaban J connectivity index is 2.38. The van der Waals surface area contributed by atoms with Crippen molar-refractivity contribution in [2.45, 2.75) is 6.61 Å². The quantitative estimate of drug-likeness (QED) is 0.901. The van der Waals surface area contributed by atoms with Gasteiger partial charge in [0.05, 0.1) is 6.61 Å². The van der Waals surface area contributed by atoms with E-state index in [0.29, 0.717) is 0 Å². The molecule has 0 aliphatic heterocycles. The number of rotatable bonds is 3. The van der Waals surface area contributed by atoms with Crippen LogP contribution >= 0.6 is 23.2 Å². The molecule has 2 rings (SSSR count). The molecule has 0 radical (unpaired) electrons. The second-order valence-corrected chi connectivity index (χ2v) is 4.63. The van der Waals surface area contributed by atoms with Crippen LogP contribution in [-0.4, -0.2) is 5.11 Å². The van der Waals surface area contributed by atoms with Crippen molar-refractivity contribution in [2.75, 3.05) is 0 Å². The molecule has 0 unspecified atom stereocenters. The smallest absolute Gasteiger partial charge is 0.198 e. The van der Waals surface area contributed by atoms with Gasteiger partial charge in [-0.2, -0.15) is 0 Å². The molecular weight excluding hydrogens is 297 g/mol. The van der Waals surface area contributed by atoms with Gasteiger partial charge in [0.2, 0.25) is 0 Å². The van der Waals surface area contributed by atoms with Crippen molar-refractivity contribution in [1.29, 1.82) is 0 Å². The van der Waals surface area contributed by atoms with Gasteiger partial charge in [0.25, 0.3) is 0 Å². The largest absolute Gasteiger partial charge is 0.451 e. The SMILES string of the molecule is OCc1cc(F)c(Oc2cc(Cl)cc(Cl)c2)c(F)c1. The molecule has 1 N–H and O–H groups in total. The third-order valence-electron chi connectivity index (χ3n) is 2.30. The van der Waals surface area contributed by atoms with Gasteiger partial charge in [0, 0.05) is 10.0 Å². The zero-order valence-corrected chi connectivity index (χ0v) is 11.0. The topological polar surface area (TPSA) is 29.5 Å². The van der Waals surface area contributed by atoms with E-state index in [0.717, 1.165) is 12.1 Å². The van der Waals surface area contributed by atoms with E-state index in [-0.39, 0.29) is 21.4 Å². The number of halogens is 4. The number of hydrogen-bond donors (Lipinski definition) is 1. The molecule has 2 aromatic rings. The van der Waals surface area contributed by atoms with E-state index in [1.165, 1.54) is 18.2 Å². The molecule has 0 aliphatic carbocycles. The van der Waals surface area contributed by atoms with Gasteiger partial charge in [-0.05, 0) is 35.9 Å². The second-order valence-electron chi connectivity index (χ2n) is 3.75. The predicted octanol–water partition coefficient (Wildman–Crippen LogP) is 4.56. The van der Waals surface area contributed by atoms with Crippen LogP contribution in [-0.2, 0) is 6.61 Å². The van der Waals surface area contributed by atoms with Crippen molar-refractivity contribution >= 4 is 23.2 Å². The van der Waals surface area contributed by atoms with Crippen LogP contribution in [0.15, 0.2) is 30.3 Å². The molecule has 0 spiro atoms. The van der Waals surface area contributed by atoms with Crippen molar-refractivity contribution in [3.05, 3.63) is 57.6 Å². The van der Waals surface area contributed by atoms with Crippen LogP contribution in [0, 0.1) is 11.6 Å². The summed E-state index contributed by atoms with van der Waals surface area (Å²) >= 11 is 11.5. The Hall–Kier alpha value is -1.36. The van der Waals surface area contributed by atoms with Crippen LogP contribution in [0.25, 0.3) is 0 Å². The van der Waals surface area contributed by atoms with E-state index < -0.39 is 24.0 Å². The summed E-state index contributed by atoms with van der Waals surface area (Å²) in [5, 5.41) is 9.41. The van der Waals surface area contributed by atoms with Gasteiger partial charge in [-0.15, -0.1) is 0 Å². The Morgan fingerprint density at radius 1 is 0.947 bits per heavy atom. The lowest BCUT2D eigenvalue weighted by molar-refractivity contribution is 0.279. The number of ether oxygens (including phenoxy) is 1. The van der Waals surface area contributed by atoms with Gasteiger partial charge in [-0.1, -0.05) is 23.2 Å². The molecule has 2 nitrogen and oxygen atoms in total. The van der Waals surface area contributed by atoms with Gasteiger partial charge in [-0.3, -0.25) is 0 Å². The standard InChI is InChI=1S/C13H8Cl2F2O2/c14-8-3-9(15)5-10(4-8)19-13-11(16)1-7(6-18)2-12(13)17/h1-5,18H,6H2. The van der Waals surface area contributed by atoms with Crippen LogP contribution in [0.4, 0.5) is 8.78 Å². The maximum absolute atomic E-state index is 13.6. The minimum atomic E-state index is -0.917. The second kappa shape index (κ2) is 5.74. The molecule has 0 fully saturated rings. The minimum absolute atomic E-state index is 0.117. The Morgan fingerprint density at radius 2 is 1.47 bits per heavy atom. The van der Waals surface area contributed by atoms with Crippen molar-refractivity contribution in [3.63, 3.8) is 0 Å². The summed E-state index contributed by atoms with van der Waals surface area (Å²) in [4.78, 5) is 0. The fourth-order valence-electron chi connectivity index (χ4n) is 1.51. The third kappa shape index (κ3) is 3.35. The van der Waals surface area contributed by atoms with Gasteiger partial charge < -0.3 is 9.84 Å². The molecule has 0 aliphatic rings. The van der Waals surface area contributed by atoms with Crippen molar-refractivity contribution < 1.29 is 18.6 Å². The number of hydrogen-bond acceptors (Lipinski definition) is 2. The lowest BCUT2D eigenvalue weighted by Gasteiger charge is -2.09. The van der Waals surface area contributed by atoms with E-state index in [1.807, 2.05) is 0 Å². The molecule has 100 valence electrons. The molecule has 2 aromatic carbocycles. The van der Waals surface area contributed by atoms with Crippen LogP contribution in [0.3, 0.4) is 0 Å². The van der Waals surface area contributed by atoms with E-state index in [1.54, 1.807) is 0 Å². The normalized spacial score (nSPS) is 10.6. The zero-order chi connectivity index (χ0) is 14.0. The Labute approximate surface area is 118 Å². The number of aliphatic hydroxyl groups is 1. The first-order chi connectivity index (χ1) is 8.99. The fraction of sp³-hybridized carbons (Fsp3) is 0.0769. The van der Waals surface area contributed by atoms with E-state index in [9.17, 15) is 8.78 Å². The monoisotopic (exact) mass is 304 g/mol. The zero-order valence-electron chi connectivity index (χ0n) is 9.46. The molecule has 0 bridgehead atoms. The van der Waals surface area contributed by atoms with Gasteiger partial charge >= 0.3 is 0 Å². The average molecular weight is 305 g/mol. The highest BCUT2D eigenvalue weighted by atomic mass is 35.5. The van der Waals surface area contributed by atoms with Gasteiger partial charge in [0.1, 0.15) is 5.75 Å². The lowest BCUT2D eigenvalue weighted by atomic mass is 10.2. The Morgan fingerprint density at radius 3 is 1.95 bits per heavy atom. The summed E-state index contributed by atoms with van der Waals surface area (Å²) in [6.45, 7) is -0.461. The van der Waals surface area contributed by atoms with E-state index in [2.05, 4.69) is 0 Å². The molecule has 19 heavy (non-hydrogen) atoms. The molecule has 0 atom stereocenters. The summed E-state index contributed by atoms with van der Waals surface area (Å²) in [6.07, 6.45) is 0. The minimum Gasteiger partial charge on any atom is -0.451 e. The summed E-state index contributed by atoms with van der Waals surface area (Å²) in [6, 6.07) is 6.21. The van der Waals surface area contributed by atoms with Crippen LogP contribution in [0.2, 0.25) is 10.0 Å². The molecule has 0 saturated carbocycles. The fourth-order valence-corrected chi connectivity index (χ4v) is 2.01. The maximum atomic E-state index is 13.6. The van der Waals surface area contributed by atoms with Gasteiger partial charge in [-0.25, -0.2) is 8.78 Å². The van der Waals surface area contributed by atoms with Gasteiger partial charge in [0.15, 0.2) is 17.4 Å². The van der Waals surface area contributed by atoms with Crippen molar-refractivity contribution in [1.82, 2.24) is 0 Å². The number of benzene rings is 2. The molecular formula is C13H8Cl2F2O2. The summed E-state index contributed by atoms with van der Waals surface area (Å²) < 4.78 is 32.4. The van der Waals surface area contributed by atoms with Crippen molar-refractivity contribution in [2.24, 2.45) is 0 Å². The maximum Gasteiger partial charge on any atom is 0.198 e. The number of aliphatic hydroxyl groups excluding tert-OH is 1. The van der Waals surface area contributed by atoms with Crippen LogP contribution in [0.5, 0.6) is 11.5 Å². The summed E-state index contributed by atoms with van der Waals surface area (Å²) in [5.74, 6) is -2.29. The average Bonchev–Trinajstić information content (AvgIpc) is 2.32. The summed E-state index contributed by atoms with van der Waals surface area (Å²) in [7, 11) is 0. The highest BCUT2D eigenvalue weighted by Gasteiger charge is 2.14. The molecule has 6 heteroatoms. The highest BCUT2D eigenvalue weighted by Crippen LogP contribution is 2.32. The Kier molecular flexibility index (Phi) is 4.24. The molecule has 0 aromatic heterocycles. The molecule has 0 amide bonds.